The predicted octanol–water partition coefficient (Wildman–Crippen LogP) is 0.288. The lowest BCUT2D eigenvalue weighted by molar-refractivity contribution is 0.326. The minimum absolute atomic E-state index is 0.204. The Balaban J connectivity index is 1.50. The lowest BCUT2D eigenvalue weighted by atomic mass is 10.3. The van der Waals surface area contributed by atoms with Crippen LogP contribution in [0.3, 0.4) is 0 Å². The largest absolute Gasteiger partial charge is 0.368 e. The van der Waals surface area contributed by atoms with Crippen molar-refractivity contribution in [3.8, 4) is 5.95 Å². The maximum absolute atomic E-state index is 5.77. The van der Waals surface area contributed by atoms with E-state index in [9.17, 15) is 0 Å². The monoisotopic (exact) mass is 286 g/mol. The Morgan fingerprint density at radius 2 is 2.10 bits per heavy atom. The third kappa shape index (κ3) is 2.66. The normalized spacial score (nSPS) is 22.6. The summed E-state index contributed by atoms with van der Waals surface area (Å²) >= 11 is 0. The first-order chi connectivity index (χ1) is 10.3. The quantitative estimate of drug-likeness (QED) is 0.833. The SMILES string of the molecule is Nc1nc(NC2CCN(C3CC3)C2)nc(-n2cccn2)n1. The highest BCUT2D eigenvalue weighted by molar-refractivity contribution is 5.36. The van der Waals surface area contributed by atoms with Gasteiger partial charge in [0, 0.05) is 37.6 Å². The molecule has 2 fully saturated rings. The van der Waals surface area contributed by atoms with Crippen LogP contribution in [0.2, 0.25) is 0 Å². The van der Waals surface area contributed by atoms with Gasteiger partial charge in [0.2, 0.25) is 11.9 Å². The van der Waals surface area contributed by atoms with Crippen molar-refractivity contribution < 1.29 is 0 Å². The topological polar surface area (TPSA) is 97.8 Å². The summed E-state index contributed by atoms with van der Waals surface area (Å²) in [4.78, 5) is 15.2. The van der Waals surface area contributed by atoms with Crippen molar-refractivity contribution in [2.75, 3.05) is 24.1 Å². The van der Waals surface area contributed by atoms with E-state index in [4.69, 9.17) is 5.73 Å². The third-order valence-electron chi connectivity index (χ3n) is 3.97. The van der Waals surface area contributed by atoms with E-state index in [0.29, 0.717) is 17.9 Å². The van der Waals surface area contributed by atoms with E-state index >= 15 is 0 Å². The summed E-state index contributed by atoms with van der Waals surface area (Å²) in [6.45, 7) is 2.20. The highest BCUT2D eigenvalue weighted by Gasteiger charge is 2.34. The Labute approximate surface area is 122 Å². The number of anilines is 2. The fourth-order valence-corrected chi connectivity index (χ4v) is 2.79. The number of aromatic nitrogens is 5. The maximum Gasteiger partial charge on any atom is 0.257 e. The number of nitrogens with one attached hydrogen (secondary N) is 1. The molecule has 110 valence electrons. The first-order valence-electron chi connectivity index (χ1n) is 7.30. The molecule has 2 aromatic heterocycles. The van der Waals surface area contributed by atoms with Gasteiger partial charge in [0.15, 0.2) is 0 Å². The molecular formula is C13H18N8. The van der Waals surface area contributed by atoms with E-state index in [2.05, 4.69) is 30.3 Å². The molecule has 2 aromatic rings. The summed E-state index contributed by atoms with van der Waals surface area (Å²) in [5.74, 6) is 1.16. The zero-order valence-corrected chi connectivity index (χ0v) is 11.7. The molecule has 1 saturated carbocycles. The molecule has 8 heteroatoms. The summed E-state index contributed by atoms with van der Waals surface area (Å²) in [5.41, 5.74) is 5.77. The molecule has 8 nitrogen and oxygen atoms in total. The van der Waals surface area contributed by atoms with Gasteiger partial charge in [0.1, 0.15) is 0 Å². The van der Waals surface area contributed by atoms with Crippen LogP contribution in [0.25, 0.3) is 5.95 Å². The standard InChI is InChI=1S/C13H18N8/c14-11-17-12(19-13(18-11)21-6-1-5-15-21)16-9-4-7-20(8-9)10-2-3-10/h1,5-6,9-10H,2-4,7-8H2,(H3,14,16,17,18,19). The van der Waals surface area contributed by atoms with E-state index in [1.165, 1.54) is 12.8 Å². The van der Waals surface area contributed by atoms with Gasteiger partial charge in [-0.25, -0.2) is 4.68 Å². The van der Waals surface area contributed by atoms with Crippen molar-refractivity contribution in [1.82, 2.24) is 29.6 Å². The smallest absolute Gasteiger partial charge is 0.257 e. The van der Waals surface area contributed by atoms with Crippen LogP contribution in [0.1, 0.15) is 19.3 Å². The van der Waals surface area contributed by atoms with Crippen molar-refractivity contribution in [1.29, 1.82) is 0 Å². The van der Waals surface area contributed by atoms with Crippen molar-refractivity contribution in [2.24, 2.45) is 0 Å². The Kier molecular flexibility index (Phi) is 2.95. The number of rotatable bonds is 4. The molecule has 0 bridgehead atoms. The average Bonchev–Trinajstić information content (AvgIpc) is 2.99. The molecule has 2 aliphatic rings. The third-order valence-corrected chi connectivity index (χ3v) is 3.97. The number of hydrogen-bond donors (Lipinski definition) is 2. The van der Waals surface area contributed by atoms with E-state index in [1.54, 1.807) is 17.1 Å². The Hall–Kier alpha value is -2.22. The van der Waals surface area contributed by atoms with E-state index < -0.39 is 0 Å². The van der Waals surface area contributed by atoms with Gasteiger partial charge in [-0.1, -0.05) is 0 Å². The zero-order chi connectivity index (χ0) is 14.2. The molecule has 1 atom stereocenters. The number of likely N-dealkylation sites (tertiary alicyclic amines) is 1. The summed E-state index contributed by atoms with van der Waals surface area (Å²) < 4.78 is 1.58. The molecule has 1 aliphatic heterocycles. The Morgan fingerprint density at radius 1 is 1.19 bits per heavy atom. The second-order valence-corrected chi connectivity index (χ2v) is 5.62. The van der Waals surface area contributed by atoms with Crippen LogP contribution >= 0.6 is 0 Å². The second kappa shape index (κ2) is 4.96. The summed E-state index contributed by atoms with van der Waals surface area (Å²) in [7, 11) is 0. The minimum Gasteiger partial charge on any atom is -0.368 e. The van der Waals surface area contributed by atoms with Crippen LogP contribution in [0.4, 0.5) is 11.9 Å². The number of nitrogens with zero attached hydrogens (tertiary/aromatic N) is 6. The van der Waals surface area contributed by atoms with Crippen LogP contribution in [-0.4, -0.2) is 54.8 Å². The Morgan fingerprint density at radius 3 is 2.86 bits per heavy atom. The van der Waals surface area contributed by atoms with Crippen molar-refractivity contribution >= 4 is 11.9 Å². The lowest BCUT2D eigenvalue weighted by Gasteiger charge is -2.16. The molecule has 1 saturated heterocycles. The van der Waals surface area contributed by atoms with Gasteiger partial charge in [0.25, 0.3) is 5.95 Å². The van der Waals surface area contributed by atoms with Crippen LogP contribution in [0.5, 0.6) is 0 Å². The first-order valence-corrected chi connectivity index (χ1v) is 7.30. The molecular weight excluding hydrogens is 268 g/mol. The molecule has 4 rings (SSSR count). The fourth-order valence-electron chi connectivity index (χ4n) is 2.79. The molecule has 0 aromatic carbocycles. The summed E-state index contributed by atoms with van der Waals surface area (Å²) in [6, 6.07) is 3.00. The number of hydrogen-bond acceptors (Lipinski definition) is 7. The molecule has 1 aliphatic carbocycles. The van der Waals surface area contributed by atoms with Crippen LogP contribution in [0.15, 0.2) is 18.5 Å². The summed E-state index contributed by atoms with van der Waals surface area (Å²) in [6.07, 6.45) is 7.25. The van der Waals surface area contributed by atoms with E-state index in [0.717, 1.165) is 25.6 Å². The van der Waals surface area contributed by atoms with Crippen molar-refractivity contribution in [3.05, 3.63) is 18.5 Å². The fraction of sp³-hybridized carbons (Fsp3) is 0.538. The van der Waals surface area contributed by atoms with Gasteiger partial charge < -0.3 is 11.1 Å². The molecule has 0 amide bonds. The van der Waals surface area contributed by atoms with Gasteiger partial charge in [-0.15, -0.1) is 0 Å². The Bertz CT molecular complexity index is 621. The molecule has 3 heterocycles. The number of nitrogen functional groups attached to an aromatic ring is 1. The van der Waals surface area contributed by atoms with Gasteiger partial charge in [-0.3, -0.25) is 4.90 Å². The molecule has 21 heavy (non-hydrogen) atoms. The van der Waals surface area contributed by atoms with Gasteiger partial charge in [-0.2, -0.15) is 20.1 Å². The van der Waals surface area contributed by atoms with Crippen molar-refractivity contribution in [3.63, 3.8) is 0 Å². The summed E-state index contributed by atoms with van der Waals surface area (Å²) in [5, 5.41) is 7.49. The van der Waals surface area contributed by atoms with Gasteiger partial charge >= 0.3 is 0 Å². The van der Waals surface area contributed by atoms with Crippen LogP contribution < -0.4 is 11.1 Å². The lowest BCUT2D eigenvalue weighted by Crippen LogP contribution is -2.28. The van der Waals surface area contributed by atoms with E-state index in [1.807, 2.05) is 6.07 Å². The van der Waals surface area contributed by atoms with Gasteiger partial charge in [0.05, 0.1) is 0 Å². The maximum atomic E-state index is 5.77. The average molecular weight is 286 g/mol. The van der Waals surface area contributed by atoms with E-state index in [-0.39, 0.29) is 5.95 Å². The molecule has 0 spiro atoms. The first kappa shape index (κ1) is 12.5. The zero-order valence-electron chi connectivity index (χ0n) is 11.7. The second-order valence-electron chi connectivity index (χ2n) is 5.62. The predicted molar refractivity (Wildman–Crippen MR) is 78.0 cm³/mol. The number of nitrogens with two attached hydrogens (primary N) is 1. The van der Waals surface area contributed by atoms with Gasteiger partial charge in [-0.05, 0) is 25.3 Å². The van der Waals surface area contributed by atoms with Crippen molar-refractivity contribution in [2.45, 2.75) is 31.3 Å². The highest BCUT2D eigenvalue weighted by Crippen LogP contribution is 2.30. The van der Waals surface area contributed by atoms with Crippen LogP contribution in [-0.2, 0) is 0 Å². The highest BCUT2D eigenvalue weighted by atomic mass is 15.4. The molecule has 3 N–H and O–H groups in total. The molecule has 0 radical (unpaired) electrons. The minimum atomic E-state index is 0.204. The molecule has 1 unspecified atom stereocenters. The van der Waals surface area contributed by atoms with Crippen LogP contribution in [0, 0.1) is 0 Å².